The van der Waals surface area contributed by atoms with Crippen molar-refractivity contribution in [2.75, 3.05) is 6.54 Å². The summed E-state index contributed by atoms with van der Waals surface area (Å²) in [5, 5.41) is 14.2. The molecule has 2 aliphatic carbocycles. The summed E-state index contributed by atoms with van der Waals surface area (Å²) in [5.41, 5.74) is 3.27. The van der Waals surface area contributed by atoms with E-state index in [2.05, 4.69) is 32.7 Å². The van der Waals surface area contributed by atoms with Crippen LogP contribution in [0.3, 0.4) is 0 Å². The highest BCUT2D eigenvalue weighted by molar-refractivity contribution is 6.24. The Hall–Kier alpha value is -2.10. The minimum atomic E-state index is -0.384. The maximum absolute atomic E-state index is 13.6. The Kier molecular flexibility index (Phi) is 8.69. The zero-order valence-corrected chi connectivity index (χ0v) is 19.4. The van der Waals surface area contributed by atoms with Crippen LogP contribution < -0.4 is 5.32 Å². The van der Waals surface area contributed by atoms with Crippen molar-refractivity contribution in [2.24, 2.45) is 17.8 Å². The van der Waals surface area contributed by atoms with Gasteiger partial charge in [0.05, 0.1) is 11.3 Å². The number of Topliss-reactive ketones (excluding diaryl/α,β-unsaturated/α-hetero) is 2. The molecule has 0 unspecified atom stereocenters. The average molecular weight is 414 g/mol. The van der Waals surface area contributed by atoms with Gasteiger partial charge in [-0.25, -0.2) is 0 Å². The minimum absolute atomic E-state index is 0.0566. The van der Waals surface area contributed by atoms with Gasteiger partial charge in [0.25, 0.3) is 0 Å². The van der Waals surface area contributed by atoms with Gasteiger partial charge in [-0.05, 0) is 57.8 Å². The fourth-order valence-corrected chi connectivity index (χ4v) is 4.44. The van der Waals surface area contributed by atoms with E-state index in [0.717, 1.165) is 44.1 Å². The second-order valence-corrected chi connectivity index (χ2v) is 9.37. The van der Waals surface area contributed by atoms with Gasteiger partial charge in [-0.3, -0.25) is 9.59 Å². The molecule has 0 radical (unpaired) electrons. The number of aliphatic hydroxyl groups is 1. The molecular weight excluding hydrogens is 374 g/mol. The van der Waals surface area contributed by atoms with Crippen molar-refractivity contribution in [3.8, 4) is 0 Å². The summed E-state index contributed by atoms with van der Waals surface area (Å²) in [6.07, 6.45) is 8.16. The molecule has 0 amide bonds. The van der Waals surface area contributed by atoms with Gasteiger partial charge in [-0.1, -0.05) is 57.4 Å². The quantitative estimate of drug-likeness (QED) is 0.263. The molecule has 0 aromatic rings. The Morgan fingerprint density at radius 1 is 1.27 bits per heavy atom. The van der Waals surface area contributed by atoms with Gasteiger partial charge in [0, 0.05) is 18.0 Å². The van der Waals surface area contributed by atoms with Crippen LogP contribution in [-0.4, -0.2) is 23.2 Å². The number of aliphatic hydroxyl groups excluding tert-OH is 1. The van der Waals surface area contributed by atoms with E-state index in [4.69, 9.17) is 0 Å². The highest BCUT2D eigenvalue weighted by Gasteiger charge is 2.40. The summed E-state index contributed by atoms with van der Waals surface area (Å²) in [6.45, 7) is 15.1. The third-order valence-corrected chi connectivity index (χ3v) is 6.29. The summed E-state index contributed by atoms with van der Waals surface area (Å²) in [6, 6.07) is 0. The lowest BCUT2D eigenvalue weighted by atomic mass is 9.70. The molecule has 2 aliphatic rings. The minimum Gasteiger partial charge on any atom is -0.504 e. The monoisotopic (exact) mass is 413 g/mol. The van der Waals surface area contributed by atoms with Crippen molar-refractivity contribution in [3.63, 3.8) is 0 Å². The lowest BCUT2D eigenvalue weighted by Gasteiger charge is -2.34. The molecule has 0 aromatic heterocycles. The third kappa shape index (κ3) is 5.53. The number of hydrogen-bond donors (Lipinski definition) is 2. The molecule has 0 saturated carbocycles. The Labute approximate surface area is 182 Å². The number of carbonyl (C=O) groups is 2. The molecule has 2 rings (SSSR count). The lowest BCUT2D eigenvalue weighted by molar-refractivity contribution is -0.119. The number of rotatable bonds is 10. The molecule has 0 fully saturated rings. The second kappa shape index (κ2) is 10.8. The van der Waals surface area contributed by atoms with Gasteiger partial charge in [0.1, 0.15) is 0 Å². The van der Waals surface area contributed by atoms with Crippen molar-refractivity contribution in [3.05, 3.63) is 46.4 Å². The standard InChI is InChI=1S/C26H39NO3/c1-7-8-9-10-20-23(27-14-13-16(2)3)25(29)22(26(30)24(20)28)21-15-18(6)11-12-19(21)17(4)5/h15-16,19,21,27,30H,4,7-14H2,1-3,5-6H3/t19-,21+/m0/s1. The molecule has 166 valence electrons. The molecule has 0 spiro atoms. The normalized spacial score (nSPS) is 22.7. The van der Waals surface area contributed by atoms with Gasteiger partial charge in [-0.2, -0.15) is 0 Å². The van der Waals surface area contributed by atoms with Gasteiger partial charge in [0.15, 0.2) is 5.76 Å². The smallest absolute Gasteiger partial charge is 0.225 e. The van der Waals surface area contributed by atoms with Crippen LogP contribution in [0.4, 0.5) is 0 Å². The molecule has 4 heteroatoms. The zero-order chi connectivity index (χ0) is 22.4. The summed E-state index contributed by atoms with van der Waals surface area (Å²) in [7, 11) is 0. The van der Waals surface area contributed by atoms with Crippen molar-refractivity contribution in [1.29, 1.82) is 0 Å². The van der Waals surface area contributed by atoms with Crippen LogP contribution in [0.15, 0.2) is 46.4 Å². The van der Waals surface area contributed by atoms with E-state index in [-0.39, 0.29) is 34.7 Å². The molecule has 0 aromatic carbocycles. The van der Waals surface area contributed by atoms with Crippen molar-refractivity contribution in [1.82, 2.24) is 5.32 Å². The number of unbranched alkanes of at least 4 members (excludes halogenated alkanes) is 2. The number of hydrogen-bond acceptors (Lipinski definition) is 4. The summed E-state index contributed by atoms with van der Waals surface area (Å²) < 4.78 is 0. The number of nitrogens with one attached hydrogen (secondary N) is 1. The Morgan fingerprint density at radius 2 is 1.97 bits per heavy atom. The van der Waals surface area contributed by atoms with Crippen LogP contribution in [0.2, 0.25) is 0 Å². The van der Waals surface area contributed by atoms with E-state index in [1.165, 1.54) is 5.57 Å². The molecule has 2 N–H and O–H groups in total. The Balaban J connectivity index is 2.45. The molecule has 2 atom stereocenters. The van der Waals surface area contributed by atoms with Crippen LogP contribution in [-0.2, 0) is 9.59 Å². The summed E-state index contributed by atoms with van der Waals surface area (Å²) >= 11 is 0. The van der Waals surface area contributed by atoms with E-state index in [1.54, 1.807) is 0 Å². The fourth-order valence-electron chi connectivity index (χ4n) is 4.44. The first-order valence-corrected chi connectivity index (χ1v) is 11.5. The highest BCUT2D eigenvalue weighted by Crippen LogP contribution is 2.41. The van der Waals surface area contributed by atoms with Crippen LogP contribution in [0.1, 0.15) is 79.6 Å². The maximum Gasteiger partial charge on any atom is 0.225 e. The Bertz CT molecular complexity index is 782. The molecule has 0 bridgehead atoms. The highest BCUT2D eigenvalue weighted by atomic mass is 16.3. The average Bonchev–Trinajstić information content (AvgIpc) is 2.67. The summed E-state index contributed by atoms with van der Waals surface area (Å²) in [5.74, 6) is -0.707. The van der Waals surface area contributed by atoms with Crippen LogP contribution in [0.25, 0.3) is 0 Å². The first-order valence-electron chi connectivity index (χ1n) is 11.5. The third-order valence-electron chi connectivity index (χ3n) is 6.29. The van der Waals surface area contributed by atoms with Crippen molar-refractivity contribution >= 4 is 11.6 Å². The fraction of sp³-hybridized carbons (Fsp3) is 0.615. The Morgan fingerprint density at radius 3 is 2.57 bits per heavy atom. The van der Waals surface area contributed by atoms with Crippen molar-refractivity contribution < 1.29 is 14.7 Å². The predicted octanol–water partition coefficient (Wildman–Crippen LogP) is 5.97. The van der Waals surface area contributed by atoms with Gasteiger partial charge < -0.3 is 10.4 Å². The van der Waals surface area contributed by atoms with Gasteiger partial charge in [0.2, 0.25) is 11.6 Å². The second-order valence-electron chi connectivity index (χ2n) is 9.37. The van der Waals surface area contributed by atoms with Gasteiger partial charge in [-0.15, -0.1) is 0 Å². The van der Waals surface area contributed by atoms with Crippen LogP contribution in [0.5, 0.6) is 0 Å². The first-order chi connectivity index (χ1) is 14.2. The molecule has 0 aliphatic heterocycles. The molecule has 4 nitrogen and oxygen atoms in total. The lowest BCUT2D eigenvalue weighted by Crippen LogP contribution is -2.37. The maximum atomic E-state index is 13.6. The van der Waals surface area contributed by atoms with Gasteiger partial charge >= 0.3 is 0 Å². The molecule has 30 heavy (non-hydrogen) atoms. The number of ketones is 2. The van der Waals surface area contributed by atoms with E-state index in [1.807, 2.05) is 19.9 Å². The SMILES string of the molecule is C=C(C)[C@@H]1CCC(C)=C[C@H]1C1=C(O)C(=O)C(CCCCC)=C(NCCC(C)C)C1=O. The summed E-state index contributed by atoms with van der Waals surface area (Å²) in [4.78, 5) is 26.8. The van der Waals surface area contributed by atoms with E-state index >= 15 is 0 Å². The number of allylic oxidation sites excluding steroid dienone is 5. The van der Waals surface area contributed by atoms with E-state index in [9.17, 15) is 14.7 Å². The first kappa shape index (κ1) is 24.2. The van der Waals surface area contributed by atoms with E-state index < -0.39 is 0 Å². The largest absolute Gasteiger partial charge is 0.504 e. The molecule has 0 heterocycles. The molecular formula is C26H39NO3. The number of carbonyl (C=O) groups excluding carboxylic acids is 2. The zero-order valence-electron chi connectivity index (χ0n) is 19.4. The van der Waals surface area contributed by atoms with Crippen LogP contribution in [0, 0.1) is 17.8 Å². The van der Waals surface area contributed by atoms with Crippen LogP contribution >= 0.6 is 0 Å². The molecule has 0 saturated heterocycles. The van der Waals surface area contributed by atoms with E-state index in [0.29, 0.717) is 30.2 Å². The van der Waals surface area contributed by atoms with Crippen molar-refractivity contribution in [2.45, 2.75) is 79.6 Å². The predicted molar refractivity (Wildman–Crippen MR) is 123 cm³/mol. The topological polar surface area (TPSA) is 66.4 Å².